The van der Waals surface area contributed by atoms with Crippen LogP contribution < -0.4 is 10.9 Å². The fourth-order valence-corrected chi connectivity index (χ4v) is 3.90. The van der Waals surface area contributed by atoms with Crippen molar-refractivity contribution in [2.24, 2.45) is 0 Å². The molecule has 0 saturated heterocycles. The highest BCUT2D eigenvalue weighted by Gasteiger charge is 2.40. The molecule has 0 atom stereocenters. The van der Waals surface area contributed by atoms with E-state index in [0.717, 1.165) is 12.1 Å². The molecule has 0 aliphatic carbocycles. The number of diazo groups is 1. The second-order valence-corrected chi connectivity index (χ2v) is 7.36. The molecule has 30 heavy (non-hydrogen) atoms. The van der Waals surface area contributed by atoms with E-state index in [9.17, 15) is 39.8 Å². The number of pyridine rings is 1. The first kappa shape index (κ1) is 25.6. The zero-order valence-electron chi connectivity index (χ0n) is 15.3. The fourth-order valence-electron chi connectivity index (χ4n) is 2.26. The Bertz CT molecular complexity index is 1030. The molecule has 0 unspecified atom stereocenters. The smallest absolute Gasteiger partial charge is 0.418 e. The van der Waals surface area contributed by atoms with Gasteiger partial charge in [-0.05, 0) is 26.0 Å². The Kier molecular flexibility index (Phi) is 8.19. The van der Waals surface area contributed by atoms with Crippen molar-refractivity contribution in [1.82, 2.24) is 4.98 Å². The third-order valence-corrected chi connectivity index (χ3v) is 5.37. The number of alkyl halides is 3. The van der Waals surface area contributed by atoms with E-state index in [1.54, 1.807) is 13.8 Å². The molecule has 0 bridgehead atoms. The van der Waals surface area contributed by atoms with Gasteiger partial charge in [0, 0.05) is 17.0 Å². The quantitative estimate of drug-likeness (QED) is 0.284. The minimum Gasteiger partial charge on any atom is -0.418 e. The van der Waals surface area contributed by atoms with Gasteiger partial charge in [0.05, 0.1) is 13.2 Å². The van der Waals surface area contributed by atoms with Gasteiger partial charge in [0.1, 0.15) is 5.30 Å². The third-order valence-electron chi connectivity index (χ3n) is 3.25. The molecule has 1 heterocycles. The van der Waals surface area contributed by atoms with Crippen LogP contribution in [-0.2, 0) is 19.8 Å². The molecule has 0 aliphatic heterocycles. The van der Waals surface area contributed by atoms with Crippen LogP contribution in [0.5, 0.6) is 0 Å². The van der Waals surface area contributed by atoms with Gasteiger partial charge in [0.2, 0.25) is 5.39 Å². The van der Waals surface area contributed by atoms with Crippen LogP contribution in [0.25, 0.3) is 15.9 Å². The summed E-state index contributed by atoms with van der Waals surface area (Å²) in [5, 5.41) is 8.58. The lowest BCUT2D eigenvalue weighted by Crippen LogP contribution is -2.29. The zero-order valence-corrected chi connectivity index (χ0v) is 16.2. The van der Waals surface area contributed by atoms with Crippen LogP contribution in [0.2, 0.25) is 0 Å². The van der Waals surface area contributed by atoms with Crippen LogP contribution in [-0.4, -0.2) is 25.5 Å². The van der Waals surface area contributed by atoms with Gasteiger partial charge in [-0.1, -0.05) is 0 Å². The summed E-state index contributed by atoms with van der Waals surface area (Å²) in [6.07, 6.45) is -4.78. The fraction of sp³-hybridized carbons (Fsp3) is 0.357. The summed E-state index contributed by atoms with van der Waals surface area (Å²) in [6, 6.07) is 2.66. The number of aromatic nitrogens is 1. The first-order chi connectivity index (χ1) is 13.7. The lowest BCUT2D eigenvalue weighted by molar-refractivity contribution is -0.136. The number of nitrogens with zero attached hydrogens (tertiary/aromatic N) is 2. The first-order valence-electron chi connectivity index (χ1n) is 8.06. The summed E-state index contributed by atoms with van der Waals surface area (Å²) in [5.74, 6) is 0. The minimum atomic E-state index is -6.00. The average molecular weight is 463 g/mol. The van der Waals surface area contributed by atoms with Crippen molar-refractivity contribution in [3.63, 3.8) is 0 Å². The molecule has 1 N–H and O–H groups in total. The molecule has 0 radical (unpaired) electrons. The lowest BCUT2D eigenvalue weighted by atomic mass is 10.1. The van der Waals surface area contributed by atoms with Crippen LogP contribution in [0.4, 0.5) is 36.1 Å². The highest BCUT2D eigenvalue weighted by Crippen LogP contribution is 2.46. The molecule has 166 valence electrons. The predicted octanol–water partition coefficient (Wildman–Crippen LogP) is 5.22. The lowest BCUT2D eigenvalue weighted by Gasteiger charge is -2.16. The van der Waals surface area contributed by atoms with Gasteiger partial charge in [0.15, 0.2) is 10.5 Å². The Morgan fingerprint density at radius 3 is 2.00 bits per heavy atom. The molecule has 0 amide bonds. The van der Waals surface area contributed by atoms with Crippen molar-refractivity contribution in [3.05, 3.63) is 39.1 Å². The normalized spacial score (nSPS) is 12.3. The number of benzene rings is 1. The Morgan fingerprint density at radius 2 is 1.60 bits per heavy atom. The number of aromatic amines is 1. The van der Waals surface area contributed by atoms with Crippen molar-refractivity contribution in [3.8, 4) is 0 Å². The van der Waals surface area contributed by atoms with Crippen molar-refractivity contribution in [2.75, 3.05) is 13.2 Å². The molecule has 0 aliphatic rings. The minimum absolute atomic E-state index is 0.00100. The predicted molar refractivity (Wildman–Crippen MR) is 95.0 cm³/mol. The molecule has 2 rings (SSSR count). The van der Waals surface area contributed by atoms with Crippen molar-refractivity contribution in [2.45, 2.75) is 20.0 Å². The molecule has 2 aromatic rings. The van der Waals surface area contributed by atoms with Gasteiger partial charge in [-0.2, -0.15) is 13.2 Å². The van der Waals surface area contributed by atoms with E-state index in [1.165, 1.54) is 0 Å². The average Bonchev–Trinajstić information content (AvgIpc) is 2.58. The van der Waals surface area contributed by atoms with Crippen LogP contribution in [0.15, 0.2) is 23.0 Å². The van der Waals surface area contributed by atoms with Crippen molar-refractivity contribution >= 4 is 36.7 Å². The van der Waals surface area contributed by atoms with E-state index in [0.29, 0.717) is 6.07 Å². The number of H-pyrrole nitrogens is 1. The number of nitrogens with one attached hydrogen (secondary N) is 1. The Balaban J connectivity index is 0.000000804. The maximum Gasteiger partial charge on any atom is 0.673 e. The SMILES string of the molecule is CCOP(=O)(OCC)c1cc2cc([N+]#N)c(C(F)(F)F)cc2[nH]c1=O.F[B-](F)(F)F. The van der Waals surface area contributed by atoms with Crippen molar-refractivity contribution < 1.29 is 44.0 Å². The van der Waals surface area contributed by atoms with E-state index < -0.39 is 37.8 Å². The van der Waals surface area contributed by atoms with E-state index in [-0.39, 0.29) is 29.4 Å². The molecule has 7 nitrogen and oxygen atoms in total. The highest BCUT2D eigenvalue weighted by atomic mass is 31.2. The number of rotatable bonds is 5. The molecule has 1 aromatic carbocycles. The van der Waals surface area contributed by atoms with Crippen LogP contribution >= 0.6 is 7.60 Å². The molecular formula is C14H14BF7N3O4P. The van der Waals surface area contributed by atoms with Crippen molar-refractivity contribution in [1.29, 1.82) is 5.39 Å². The molecule has 0 fully saturated rings. The van der Waals surface area contributed by atoms with Gasteiger partial charge >= 0.3 is 26.7 Å². The highest BCUT2D eigenvalue weighted by molar-refractivity contribution is 7.62. The maximum absolute atomic E-state index is 13.0. The van der Waals surface area contributed by atoms with Crippen LogP contribution in [0.1, 0.15) is 19.4 Å². The molecule has 0 spiro atoms. The number of fused-ring (bicyclic) bond motifs is 1. The van der Waals surface area contributed by atoms with E-state index in [4.69, 9.17) is 14.4 Å². The summed E-state index contributed by atoms with van der Waals surface area (Å²) in [4.78, 5) is 17.1. The molecule has 16 heteroatoms. The maximum atomic E-state index is 13.0. The Morgan fingerprint density at radius 1 is 1.10 bits per heavy atom. The topological polar surface area (TPSA) is 96.5 Å². The van der Waals surface area contributed by atoms with Crippen LogP contribution in [0.3, 0.4) is 0 Å². The molecule has 0 saturated carbocycles. The zero-order chi connectivity index (χ0) is 23.3. The van der Waals surface area contributed by atoms with Gasteiger partial charge < -0.3 is 31.3 Å². The Hall–Kier alpha value is -2.43. The molecular weight excluding hydrogens is 449 g/mol. The van der Waals surface area contributed by atoms with Gasteiger partial charge in [-0.25, -0.2) is 0 Å². The summed E-state index contributed by atoms with van der Waals surface area (Å²) in [5.41, 5.74) is -3.00. The number of hydrogen-bond donors (Lipinski definition) is 1. The number of halogens is 7. The first-order valence-corrected chi connectivity index (χ1v) is 9.61. The Labute approximate surface area is 164 Å². The van der Waals surface area contributed by atoms with E-state index >= 15 is 0 Å². The van der Waals surface area contributed by atoms with Gasteiger partial charge in [0.25, 0.3) is 5.56 Å². The van der Waals surface area contributed by atoms with Crippen LogP contribution in [0, 0.1) is 5.39 Å². The second-order valence-electron chi connectivity index (χ2n) is 5.37. The van der Waals surface area contributed by atoms with Gasteiger partial charge in [-0.3, -0.25) is 9.36 Å². The summed E-state index contributed by atoms with van der Waals surface area (Å²) < 4.78 is 101. The largest absolute Gasteiger partial charge is 0.673 e. The second kappa shape index (κ2) is 9.59. The van der Waals surface area contributed by atoms with E-state index in [2.05, 4.69) is 9.96 Å². The van der Waals surface area contributed by atoms with Gasteiger partial charge in [-0.15, -0.1) is 0 Å². The number of hydrogen-bond acceptors (Lipinski definition) is 5. The van der Waals surface area contributed by atoms with E-state index in [1.807, 2.05) is 0 Å². The molecule has 1 aromatic heterocycles. The monoisotopic (exact) mass is 463 g/mol. The third kappa shape index (κ3) is 6.82. The summed E-state index contributed by atoms with van der Waals surface area (Å²) in [6.45, 7) is 3.11. The summed E-state index contributed by atoms with van der Waals surface area (Å²) in [7, 11) is -9.94. The summed E-state index contributed by atoms with van der Waals surface area (Å²) >= 11 is 0. The standard InChI is InChI=1S/C14H13F3N3O4P.BF4/c1-3-23-25(22,24-4-2)12-6-8-5-11(20-18)9(14(15,16)17)7-10(8)19-13(12)21;2-1(3,4)5/h5-7H,3-4H2,1-2H3;/q;-1/p+1.